The summed E-state index contributed by atoms with van der Waals surface area (Å²) in [5, 5.41) is 3.06. The second-order valence-corrected chi connectivity index (χ2v) is 6.91. The number of amides is 2. The molecule has 0 aliphatic heterocycles. The van der Waals surface area contributed by atoms with Crippen LogP contribution in [-0.2, 0) is 26.1 Å². The van der Waals surface area contributed by atoms with E-state index in [9.17, 15) is 4.79 Å². The SMILES string of the molecule is CCc1ccc(CN(C)C(=O)NCc2ccccc2CN(CC)CC)cc1. The summed E-state index contributed by atoms with van der Waals surface area (Å²) >= 11 is 0. The first-order valence-electron chi connectivity index (χ1n) is 9.93. The predicted molar refractivity (Wildman–Crippen MR) is 113 cm³/mol. The summed E-state index contributed by atoms with van der Waals surface area (Å²) in [6.07, 6.45) is 1.03. The third-order valence-electron chi connectivity index (χ3n) is 5.03. The summed E-state index contributed by atoms with van der Waals surface area (Å²) in [6.45, 7) is 10.6. The Morgan fingerprint density at radius 3 is 2.04 bits per heavy atom. The minimum Gasteiger partial charge on any atom is -0.334 e. The first kappa shape index (κ1) is 21.0. The van der Waals surface area contributed by atoms with E-state index in [1.54, 1.807) is 4.90 Å². The van der Waals surface area contributed by atoms with Gasteiger partial charge in [-0.05, 0) is 41.8 Å². The Hall–Kier alpha value is -2.33. The third-order valence-corrected chi connectivity index (χ3v) is 5.03. The Bertz CT molecular complexity index is 708. The average molecular weight is 368 g/mol. The van der Waals surface area contributed by atoms with Gasteiger partial charge in [-0.15, -0.1) is 0 Å². The van der Waals surface area contributed by atoms with Gasteiger partial charge in [-0.25, -0.2) is 4.79 Å². The van der Waals surface area contributed by atoms with Gasteiger partial charge in [-0.1, -0.05) is 69.3 Å². The standard InChI is InChI=1S/C23H33N3O/c1-5-19-12-14-20(15-13-19)17-25(4)23(27)24-16-21-10-8-9-11-22(21)18-26(6-2)7-3/h8-15H,5-7,16-18H2,1-4H3,(H,24,27). The highest BCUT2D eigenvalue weighted by molar-refractivity contribution is 5.73. The number of rotatable bonds is 9. The van der Waals surface area contributed by atoms with E-state index in [-0.39, 0.29) is 6.03 Å². The number of carbonyl (C=O) groups is 1. The zero-order valence-corrected chi connectivity index (χ0v) is 17.2. The Kier molecular flexibility index (Phi) is 8.34. The van der Waals surface area contributed by atoms with Crippen LogP contribution in [0.15, 0.2) is 48.5 Å². The second-order valence-electron chi connectivity index (χ2n) is 6.91. The Morgan fingerprint density at radius 2 is 1.44 bits per heavy atom. The molecule has 0 heterocycles. The molecule has 0 atom stereocenters. The number of urea groups is 1. The van der Waals surface area contributed by atoms with Gasteiger partial charge in [0.05, 0.1) is 0 Å². The van der Waals surface area contributed by atoms with Crippen molar-refractivity contribution in [2.75, 3.05) is 20.1 Å². The molecule has 2 aromatic rings. The van der Waals surface area contributed by atoms with Crippen LogP contribution in [-0.4, -0.2) is 36.0 Å². The molecule has 0 aliphatic carbocycles. The summed E-state index contributed by atoms with van der Waals surface area (Å²) in [6, 6.07) is 16.8. The maximum Gasteiger partial charge on any atom is 0.317 e. The molecule has 0 bridgehead atoms. The molecule has 4 heteroatoms. The molecule has 0 radical (unpaired) electrons. The highest BCUT2D eigenvalue weighted by Crippen LogP contribution is 2.12. The van der Waals surface area contributed by atoms with E-state index >= 15 is 0 Å². The summed E-state index contributed by atoms with van der Waals surface area (Å²) in [4.78, 5) is 16.6. The number of hydrogen-bond acceptors (Lipinski definition) is 2. The van der Waals surface area contributed by atoms with Gasteiger partial charge >= 0.3 is 6.03 Å². The van der Waals surface area contributed by atoms with E-state index in [0.29, 0.717) is 13.1 Å². The maximum absolute atomic E-state index is 12.5. The Balaban J connectivity index is 1.92. The van der Waals surface area contributed by atoms with E-state index in [0.717, 1.165) is 31.6 Å². The minimum atomic E-state index is -0.0489. The van der Waals surface area contributed by atoms with Crippen LogP contribution in [0.4, 0.5) is 4.79 Å². The fourth-order valence-electron chi connectivity index (χ4n) is 3.10. The number of hydrogen-bond donors (Lipinski definition) is 1. The van der Waals surface area contributed by atoms with Crippen LogP contribution in [0.5, 0.6) is 0 Å². The normalized spacial score (nSPS) is 10.9. The predicted octanol–water partition coefficient (Wildman–Crippen LogP) is 4.43. The highest BCUT2D eigenvalue weighted by Gasteiger charge is 2.11. The van der Waals surface area contributed by atoms with Gasteiger partial charge in [0.2, 0.25) is 0 Å². The maximum atomic E-state index is 12.5. The monoisotopic (exact) mass is 367 g/mol. The number of aryl methyl sites for hydroxylation is 1. The number of nitrogens with one attached hydrogen (secondary N) is 1. The highest BCUT2D eigenvalue weighted by atomic mass is 16.2. The first-order chi connectivity index (χ1) is 13.1. The number of benzene rings is 2. The Morgan fingerprint density at radius 1 is 0.852 bits per heavy atom. The fraction of sp³-hybridized carbons (Fsp3) is 0.435. The lowest BCUT2D eigenvalue weighted by Crippen LogP contribution is -2.36. The van der Waals surface area contributed by atoms with E-state index in [4.69, 9.17) is 0 Å². The van der Waals surface area contributed by atoms with Gasteiger partial charge in [-0.3, -0.25) is 4.90 Å². The molecule has 2 rings (SSSR count). The molecule has 0 fully saturated rings. The van der Waals surface area contributed by atoms with E-state index in [1.807, 2.05) is 13.1 Å². The van der Waals surface area contributed by atoms with E-state index in [1.165, 1.54) is 16.7 Å². The van der Waals surface area contributed by atoms with E-state index in [2.05, 4.69) is 73.5 Å². The lowest BCUT2D eigenvalue weighted by Gasteiger charge is -2.21. The van der Waals surface area contributed by atoms with Gasteiger partial charge in [0, 0.05) is 26.7 Å². The van der Waals surface area contributed by atoms with E-state index < -0.39 is 0 Å². The summed E-state index contributed by atoms with van der Waals surface area (Å²) < 4.78 is 0. The summed E-state index contributed by atoms with van der Waals surface area (Å²) in [5.41, 5.74) is 4.92. The largest absolute Gasteiger partial charge is 0.334 e. The smallest absolute Gasteiger partial charge is 0.317 e. The zero-order valence-electron chi connectivity index (χ0n) is 17.2. The molecule has 2 aromatic carbocycles. The van der Waals surface area contributed by atoms with Gasteiger partial charge < -0.3 is 10.2 Å². The zero-order chi connectivity index (χ0) is 19.6. The molecule has 27 heavy (non-hydrogen) atoms. The van der Waals surface area contributed by atoms with Gasteiger partial charge in [-0.2, -0.15) is 0 Å². The molecule has 146 valence electrons. The average Bonchev–Trinajstić information content (AvgIpc) is 2.71. The molecule has 0 saturated heterocycles. The van der Waals surface area contributed by atoms with Crippen LogP contribution >= 0.6 is 0 Å². The Labute approximate surface area is 164 Å². The first-order valence-corrected chi connectivity index (χ1v) is 9.93. The molecule has 4 nitrogen and oxygen atoms in total. The quantitative estimate of drug-likeness (QED) is 0.711. The van der Waals surface area contributed by atoms with Crippen LogP contribution in [0.3, 0.4) is 0 Å². The van der Waals surface area contributed by atoms with Crippen LogP contribution in [0, 0.1) is 0 Å². The number of nitrogens with zero attached hydrogens (tertiary/aromatic N) is 2. The topological polar surface area (TPSA) is 35.6 Å². The van der Waals surface area contributed by atoms with Crippen molar-refractivity contribution < 1.29 is 4.79 Å². The van der Waals surface area contributed by atoms with Crippen LogP contribution in [0.2, 0.25) is 0 Å². The molecule has 0 unspecified atom stereocenters. The molecule has 0 aromatic heterocycles. The van der Waals surface area contributed by atoms with Crippen molar-refractivity contribution in [1.29, 1.82) is 0 Å². The van der Waals surface area contributed by atoms with Crippen LogP contribution in [0.1, 0.15) is 43.0 Å². The molecule has 0 saturated carbocycles. The van der Waals surface area contributed by atoms with Crippen molar-refractivity contribution in [3.8, 4) is 0 Å². The molecule has 0 aliphatic rings. The molecule has 1 N–H and O–H groups in total. The molecular formula is C23H33N3O. The van der Waals surface area contributed by atoms with Crippen molar-refractivity contribution >= 4 is 6.03 Å². The molecule has 0 spiro atoms. The summed E-state index contributed by atoms with van der Waals surface area (Å²) in [7, 11) is 1.84. The van der Waals surface area contributed by atoms with Crippen molar-refractivity contribution in [3.05, 3.63) is 70.8 Å². The van der Waals surface area contributed by atoms with Gasteiger partial charge in [0.25, 0.3) is 0 Å². The van der Waals surface area contributed by atoms with Crippen LogP contribution < -0.4 is 5.32 Å². The molecular weight excluding hydrogens is 334 g/mol. The van der Waals surface area contributed by atoms with Crippen LogP contribution in [0.25, 0.3) is 0 Å². The third kappa shape index (κ3) is 6.40. The van der Waals surface area contributed by atoms with Crippen molar-refractivity contribution in [3.63, 3.8) is 0 Å². The molecule has 2 amide bonds. The minimum absolute atomic E-state index is 0.0489. The lowest BCUT2D eigenvalue weighted by molar-refractivity contribution is 0.206. The van der Waals surface area contributed by atoms with Crippen molar-refractivity contribution in [1.82, 2.24) is 15.1 Å². The summed E-state index contributed by atoms with van der Waals surface area (Å²) in [5.74, 6) is 0. The lowest BCUT2D eigenvalue weighted by atomic mass is 10.1. The van der Waals surface area contributed by atoms with Gasteiger partial charge in [0.1, 0.15) is 0 Å². The second kappa shape index (κ2) is 10.7. The number of carbonyl (C=O) groups excluding carboxylic acids is 1. The van der Waals surface area contributed by atoms with Crippen molar-refractivity contribution in [2.24, 2.45) is 0 Å². The van der Waals surface area contributed by atoms with Gasteiger partial charge in [0.15, 0.2) is 0 Å². The fourth-order valence-corrected chi connectivity index (χ4v) is 3.10. The van der Waals surface area contributed by atoms with Crippen molar-refractivity contribution in [2.45, 2.75) is 46.8 Å².